The monoisotopic (exact) mass is 313 g/mol. The summed E-state index contributed by atoms with van der Waals surface area (Å²) in [5.74, 6) is 1.70. The summed E-state index contributed by atoms with van der Waals surface area (Å²) in [6.45, 7) is 4.24. The van der Waals surface area contributed by atoms with Crippen LogP contribution >= 0.6 is 0 Å². The van der Waals surface area contributed by atoms with Crippen LogP contribution in [0.4, 0.5) is 0 Å². The summed E-state index contributed by atoms with van der Waals surface area (Å²) in [7, 11) is 0. The third-order valence-electron chi connectivity index (χ3n) is 4.32. The lowest BCUT2D eigenvalue weighted by atomic mass is 10.1. The van der Waals surface area contributed by atoms with Crippen molar-refractivity contribution in [3.63, 3.8) is 0 Å². The molecule has 0 spiro atoms. The van der Waals surface area contributed by atoms with Gasteiger partial charge in [0.2, 0.25) is 0 Å². The van der Waals surface area contributed by atoms with Crippen molar-refractivity contribution < 1.29 is 4.74 Å². The minimum Gasteiger partial charge on any atom is -0.457 e. The predicted molar refractivity (Wildman–Crippen MR) is 99.3 cm³/mol. The number of nitrogens with zero attached hydrogens (tertiary/aromatic N) is 1. The summed E-state index contributed by atoms with van der Waals surface area (Å²) in [5.41, 5.74) is 3.62. The molecule has 1 aromatic heterocycles. The Morgan fingerprint density at radius 1 is 0.625 bits per heavy atom. The van der Waals surface area contributed by atoms with E-state index in [4.69, 9.17) is 4.74 Å². The maximum Gasteiger partial charge on any atom is 0.128 e. The van der Waals surface area contributed by atoms with Gasteiger partial charge < -0.3 is 9.30 Å². The average molecular weight is 313 g/mol. The molecule has 0 saturated heterocycles. The van der Waals surface area contributed by atoms with Crippen LogP contribution < -0.4 is 4.74 Å². The van der Waals surface area contributed by atoms with Gasteiger partial charge in [0.15, 0.2) is 0 Å². The first-order valence-corrected chi connectivity index (χ1v) is 8.13. The van der Waals surface area contributed by atoms with Crippen LogP contribution in [0.2, 0.25) is 0 Å². The van der Waals surface area contributed by atoms with E-state index in [-0.39, 0.29) is 0 Å². The predicted octanol–water partition coefficient (Wildman–Crippen LogP) is 6.04. The van der Waals surface area contributed by atoms with Crippen LogP contribution in [0.15, 0.2) is 78.9 Å². The lowest BCUT2D eigenvalue weighted by molar-refractivity contribution is 0.483. The van der Waals surface area contributed by atoms with Crippen LogP contribution in [0.1, 0.15) is 11.4 Å². The van der Waals surface area contributed by atoms with E-state index in [9.17, 15) is 0 Å². The number of benzene rings is 3. The highest BCUT2D eigenvalue weighted by Gasteiger charge is 2.05. The van der Waals surface area contributed by atoms with E-state index in [0.717, 1.165) is 17.2 Å². The molecule has 2 heteroatoms. The van der Waals surface area contributed by atoms with Crippen LogP contribution in [-0.4, -0.2) is 4.57 Å². The van der Waals surface area contributed by atoms with Crippen molar-refractivity contribution in [2.24, 2.45) is 0 Å². The first-order chi connectivity index (χ1) is 11.7. The number of hydrogen-bond acceptors (Lipinski definition) is 1. The fourth-order valence-corrected chi connectivity index (χ4v) is 3.11. The number of fused-ring (bicyclic) bond motifs is 1. The molecule has 0 saturated carbocycles. The molecule has 0 unspecified atom stereocenters. The lowest BCUT2D eigenvalue weighted by Crippen LogP contribution is -1.98. The van der Waals surface area contributed by atoms with E-state index in [0.29, 0.717) is 0 Å². The average Bonchev–Trinajstić information content (AvgIpc) is 2.94. The standard InChI is InChI=1S/C22H19NO/c1-16-7-8-17(2)23(16)20-10-13-21(14-11-20)24-22-12-9-18-5-3-4-6-19(18)15-22/h3-15H,1-2H3. The van der Waals surface area contributed by atoms with Crippen molar-refractivity contribution in [1.82, 2.24) is 4.57 Å². The van der Waals surface area contributed by atoms with Gasteiger partial charge in [0.05, 0.1) is 0 Å². The minimum absolute atomic E-state index is 0.844. The zero-order valence-corrected chi connectivity index (χ0v) is 13.9. The summed E-state index contributed by atoms with van der Waals surface area (Å²) < 4.78 is 8.25. The third-order valence-corrected chi connectivity index (χ3v) is 4.32. The molecular formula is C22H19NO. The molecule has 0 aliphatic rings. The lowest BCUT2D eigenvalue weighted by Gasteiger charge is -2.11. The van der Waals surface area contributed by atoms with Gasteiger partial charge in [-0.1, -0.05) is 30.3 Å². The van der Waals surface area contributed by atoms with E-state index in [2.05, 4.69) is 66.9 Å². The molecule has 4 rings (SSSR count). The molecule has 0 amide bonds. The number of hydrogen-bond donors (Lipinski definition) is 0. The fourth-order valence-electron chi connectivity index (χ4n) is 3.11. The third kappa shape index (κ3) is 2.67. The second-order valence-electron chi connectivity index (χ2n) is 6.06. The zero-order valence-electron chi connectivity index (χ0n) is 13.9. The molecule has 0 N–H and O–H groups in total. The van der Waals surface area contributed by atoms with Crippen molar-refractivity contribution in [2.45, 2.75) is 13.8 Å². The maximum atomic E-state index is 6.01. The van der Waals surface area contributed by atoms with Crippen LogP contribution in [0.25, 0.3) is 16.5 Å². The second-order valence-corrected chi connectivity index (χ2v) is 6.06. The molecule has 0 fully saturated rings. The van der Waals surface area contributed by atoms with Gasteiger partial charge in [0, 0.05) is 17.1 Å². The molecule has 0 aliphatic heterocycles. The molecule has 0 bridgehead atoms. The highest BCUT2D eigenvalue weighted by atomic mass is 16.5. The van der Waals surface area contributed by atoms with Gasteiger partial charge >= 0.3 is 0 Å². The molecule has 24 heavy (non-hydrogen) atoms. The number of aryl methyl sites for hydroxylation is 2. The summed E-state index contributed by atoms with van der Waals surface area (Å²) in [4.78, 5) is 0. The van der Waals surface area contributed by atoms with Crippen molar-refractivity contribution >= 4 is 10.8 Å². The smallest absolute Gasteiger partial charge is 0.128 e. The Hall–Kier alpha value is -3.00. The number of aromatic nitrogens is 1. The van der Waals surface area contributed by atoms with Gasteiger partial charge in [-0.05, 0) is 73.2 Å². The number of ether oxygens (including phenoxy) is 1. The van der Waals surface area contributed by atoms with E-state index < -0.39 is 0 Å². The normalized spacial score (nSPS) is 10.9. The summed E-state index contributed by atoms with van der Waals surface area (Å²) in [6, 6.07) is 27.0. The highest BCUT2D eigenvalue weighted by Crippen LogP contribution is 2.27. The van der Waals surface area contributed by atoms with E-state index in [1.54, 1.807) is 0 Å². The Bertz CT molecular complexity index is 977. The van der Waals surface area contributed by atoms with Gasteiger partial charge in [-0.25, -0.2) is 0 Å². The van der Waals surface area contributed by atoms with Gasteiger partial charge in [-0.2, -0.15) is 0 Å². The first-order valence-electron chi connectivity index (χ1n) is 8.13. The molecular weight excluding hydrogens is 294 g/mol. The fraction of sp³-hybridized carbons (Fsp3) is 0.0909. The Kier molecular flexibility index (Phi) is 3.58. The highest BCUT2D eigenvalue weighted by molar-refractivity contribution is 5.83. The van der Waals surface area contributed by atoms with Crippen LogP contribution in [0, 0.1) is 13.8 Å². The van der Waals surface area contributed by atoms with Crippen molar-refractivity contribution in [1.29, 1.82) is 0 Å². The Labute approximate surface area is 141 Å². The van der Waals surface area contributed by atoms with E-state index in [1.807, 2.05) is 30.3 Å². The van der Waals surface area contributed by atoms with E-state index >= 15 is 0 Å². The van der Waals surface area contributed by atoms with Gasteiger partial charge in [0.1, 0.15) is 11.5 Å². The summed E-state index contributed by atoms with van der Waals surface area (Å²) in [6.07, 6.45) is 0. The molecule has 0 aliphatic carbocycles. The SMILES string of the molecule is Cc1ccc(C)n1-c1ccc(Oc2ccc3ccccc3c2)cc1. The van der Waals surface area contributed by atoms with Crippen molar-refractivity contribution in [2.75, 3.05) is 0 Å². The van der Waals surface area contributed by atoms with Crippen molar-refractivity contribution in [3.05, 3.63) is 90.3 Å². The van der Waals surface area contributed by atoms with E-state index in [1.165, 1.54) is 22.2 Å². The van der Waals surface area contributed by atoms with Crippen LogP contribution in [0.3, 0.4) is 0 Å². The second kappa shape index (κ2) is 5.89. The first kappa shape index (κ1) is 14.6. The maximum absolute atomic E-state index is 6.01. The zero-order chi connectivity index (χ0) is 16.5. The van der Waals surface area contributed by atoms with Crippen molar-refractivity contribution in [3.8, 4) is 17.2 Å². The molecule has 3 aromatic carbocycles. The molecule has 118 valence electrons. The molecule has 0 radical (unpaired) electrons. The molecule has 1 heterocycles. The Morgan fingerprint density at radius 3 is 1.96 bits per heavy atom. The Morgan fingerprint density at radius 2 is 1.25 bits per heavy atom. The van der Waals surface area contributed by atoms with Gasteiger partial charge in [0.25, 0.3) is 0 Å². The topological polar surface area (TPSA) is 14.2 Å². The quantitative estimate of drug-likeness (QED) is 0.450. The number of rotatable bonds is 3. The van der Waals surface area contributed by atoms with Gasteiger partial charge in [-0.3, -0.25) is 0 Å². The summed E-state index contributed by atoms with van der Waals surface area (Å²) in [5, 5.41) is 2.41. The molecule has 2 nitrogen and oxygen atoms in total. The minimum atomic E-state index is 0.844. The largest absolute Gasteiger partial charge is 0.457 e. The van der Waals surface area contributed by atoms with Crippen LogP contribution in [-0.2, 0) is 0 Å². The summed E-state index contributed by atoms with van der Waals surface area (Å²) >= 11 is 0. The molecule has 4 aromatic rings. The van der Waals surface area contributed by atoms with Gasteiger partial charge in [-0.15, -0.1) is 0 Å². The van der Waals surface area contributed by atoms with Crippen LogP contribution in [0.5, 0.6) is 11.5 Å². The molecule has 0 atom stereocenters. The Balaban J connectivity index is 1.60.